The van der Waals surface area contributed by atoms with Crippen LogP contribution in [0.25, 0.3) is 0 Å². The van der Waals surface area contributed by atoms with Gasteiger partial charge in [0.15, 0.2) is 0 Å². The van der Waals surface area contributed by atoms with Crippen LogP contribution < -0.4 is 9.04 Å². The van der Waals surface area contributed by atoms with Crippen LogP contribution >= 0.6 is 11.6 Å². The zero-order valence-corrected chi connectivity index (χ0v) is 15.7. The van der Waals surface area contributed by atoms with E-state index in [1.54, 1.807) is 24.3 Å². The van der Waals surface area contributed by atoms with Gasteiger partial charge >= 0.3 is 5.97 Å². The topological polar surface area (TPSA) is 83.9 Å². The molecule has 0 amide bonds. The summed E-state index contributed by atoms with van der Waals surface area (Å²) in [7, 11) is -2.53. The normalized spacial score (nSPS) is 14.0. The van der Waals surface area contributed by atoms with E-state index in [2.05, 4.69) is 0 Å². The molecule has 26 heavy (non-hydrogen) atoms. The molecule has 138 valence electrons. The molecule has 1 heterocycles. The van der Waals surface area contributed by atoms with Crippen LogP contribution in [-0.2, 0) is 27.7 Å². The number of methoxy groups -OCH3 is 1. The molecule has 1 N–H and O–H groups in total. The second-order valence-electron chi connectivity index (χ2n) is 6.01. The Bertz CT molecular complexity index is 958. The molecule has 1 aliphatic heterocycles. The van der Waals surface area contributed by atoms with Crippen molar-refractivity contribution < 1.29 is 23.1 Å². The maximum atomic E-state index is 13.3. The smallest absolute Gasteiger partial charge is 0.307 e. The van der Waals surface area contributed by atoms with Gasteiger partial charge in [0, 0.05) is 11.6 Å². The van der Waals surface area contributed by atoms with Gasteiger partial charge in [0.1, 0.15) is 10.6 Å². The van der Waals surface area contributed by atoms with Crippen molar-refractivity contribution in [1.29, 1.82) is 0 Å². The van der Waals surface area contributed by atoms with E-state index in [9.17, 15) is 13.2 Å². The summed E-state index contributed by atoms with van der Waals surface area (Å²) in [6.07, 6.45) is 1.15. The van der Waals surface area contributed by atoms with E-state index in [0.29, 0.717) is 29.2 Å². The fourth-order valence-corrected chi connectivity index (χ4v) is 5.05. The van der Waals surface area contributed by atoms with Crippen molar-refractivity contribution in [3.8, 4) is 5.75 Å². The van der Waals surface area contributed by atoms with E-state index < -0.39 is 16.0 Å². The van der Waals surface area contributed by atoms with Crippen molar-refractivity contribution in [2.45, 2.75) is 24.2 Å². The molecular formula is C18H18ClNO5S. The Labute approximate surface area is 157 Å². The maximum Gasteiger partial charge on any atom is 0.307 e. The fourth-order valence-electron chi connectivity index (χ4n) is 3.11. The van der Waals surface area contributed by atoms with Crippen molar-refractivity contribution in [2.24, 2.45) is 0 Å². The van der Waals surface area contributed by atoms with Gasteiger partial charge in [-0.05, 0) is 54.3 Å². The Morgan fingerprint density at radius 2 is 2.04 bits per heavy atom. The Balaban J connectivity index is 2.10. The number of ether oxygens (including phenoxy) is 1. The highest BCUT2D eigenvalue weighted by Crippen LogP contribution is 2.36. The third-order valence-corrected chi connectivity index (χ3v) is 6.34. The van der Waals surface area contributed by atoms with Crippen LogP contribution in [0, 0.1) is 0 Å². The number of sulfonamides is 1. The standard InChI is InChI=1S/C18H18ClNO5S/c1-25-16-7-4-12(10-18(21)22)9-17(16)26(23,24)20-8-2-3-13-11-14(19)5-6-15(13)20/h4-7,9,11H,2-3,8,10H2,1H3,(H,21,22). The van der Waals surface area contributed by atoms with E-state index in [1.807, 2.05) is 0 Å². The third kappa shape index (κ3) is 3.50. The lowest BCUT2D eigenvalue weighted by Gasteiger charge is -2.31. The summed E-state index contributed by atoms with van der Waals surface area (Å²) in [6.45, 7) is 0.337. The molecule has 0 spiro atoms. The zero-order chi connectivity index (χ0) is 18.9. The highest BCUT2D eigenvalue weighted by molar-refractivity contribution is 7.93. The third-order valence-electron chi connectivity index (χ3n) is 4.27. The van der Waals surface area contributed by atoms with Crippen LogP contribution in [0.2, 0.25) is 5.02 Å². The minimum atomic E-state index is -3.92. The monoisotopic (exact) mass is 395 g/mol. The largest absolute Gasteiger partial charge is 0.495 e. The summed E-state index contributed by atoms with van der Waals surface area (Å²) in [5.74, 6) is -0.850. The predicted octanol–water partition coefficient (Wildman–Crippen LogP) is 3.12. The van der Waals surface area contributed by atoms with Crippen LogP contribution in [0.3, 0.4) is 0 Å². The lowest BCUT2D eigenvalue weighted by Crippen LogP contribution is -2.35. The fraction of sp³-hybridized carbons (Fsp3) is 0.278. The number of carboxylic acids is 1. The van der Waals surface area contributed by atoms with E-state index in [1.165, 1.54) is 23.5 Å². The average molecular weight is 396 g/mol. The number of benzene rings is 2. The molecule has 6 nitrogen and oxygen atoms in total. The average Bonchev–Trinajstić information content (AvgIpc) is 2.60. The van der Waals surface area contributed by atoms with Crippen molar-refractivity contribution in [1.82, 2.24) is 0 Å². The first kappa shape index (κ1) is 18.5. The van der Waals surface area contributed by atoms with E-state index in [4.69, 9.17) is 21.4 Å². The highest BCUT2D eigenvalue weighted by Gasteiger charge is 2.31. The molecule has 0 aliphatic carbocycles. The summed E-state index contributed by atoms with van der Waals surface area (Å²) in [5, 5.41) is 9.55. The Morgan fingerprint density at radius 3 is 2.73 bits per heavy atom. The lowest BCUT2D eigenvalue weighted by molar-refractivity contribution is -0.136. The number of fused-ring (bicyclic) bond motifs is 1. The highest BCUT2D eigenvalue weighted by atomic mass is 35.5. The summed E-state index contributed by atoms with van der Waals surface area (Å²) in [5.41, 5.74) is 1.85. The van der Waals surface area contributed by atoms with Crippen molar-refractivity contribution in [2.75, 3.05) is 18.0 Å². The quantitative estimate of drug-likeness (QED) is 0.840. The molecule has 2 aromatic carbocycles. The molecule has 0 radical (unpaired) electrons. The molecule has 0 aromatic heterocycles. The molecule has 0 fully saturated rings. The Morgan fingerprint density at radius 1 is 1.27 bits per heavy atom. The number of rotatable bonds is 5. The van der Waals surface area contributed by atoms with Gasteiger partial charge in [0.25, 0.3) is 10.0 Å². The number of aliphatic carboxylic acids is 1. The van der Waals surface area contributed by atoms with Crippen LogP contribution in [-0.4, -0.2) is 33.1 Å². The molecule has 0 saturated heterocycles. The van der Waals surface area contributed by atoms with E-state index >= 15 is 0 Å². The molecule has 0 atom stereocenters. The molecule has 3 rings (SSSR count). The second-order valence-corrected chi connectivity index (χ2v) is 8.28. The van der Waals surface area contributed by atoms with Gasteiger partial charge in [-0.3, -0.25) is 9.10 Å². The van der Waals surface area contributed by atoms with E-state index in [0.717, 1.165) is 12.0 Å². The number of halogens is 1. The number of nitrogens with zero attached hydrogens (tertiary/aromatic N) is 1. The Kier molecular flexibility index (Phi) is 5.11. The second kappa shape index (κ2) is 7.17. The molecule has 0 unspecified atom stereocenters. The molecule has 0 bridgehead atoms. The van der Waals surface area contributed by atoms with Crippen LogP contribution in [0.5, 0.6) is 5.75 Å². The molecule has 8 heteroatoms. The predicted molar refractivity (Wildman–Crippen MR) is 98.6 cm³/mol. The van der Waals surface area contributed by atoms with Crippen LogP contribution in [0.15, 0.2) is 41.3 Å². The molecular weight excluding hydrogens is 378 g/mol. The van der Waals surface area contributed by atoms with Crippen molar-refractivity contribution in [3.63, 3.8) is 0 Å². The van der Waals surface area contributed by atoms with Crippen molar-refractivity contribution >= 4 is 33.3 Å². The summed E-state index contributed by atoms with van der Waals surface area (Å²) in [6, 6.07) is 9.53. The number of hydrogen-bond acceptors (Lipinski definition) is 4. The summed E-state index contributed by atoms with van der Waals surface area (Å²) >= 11 is 6.03. The summed E-state index contributed by atoms with van der Waals surface area (Å²) in [4.78, 5) is 10.9. The van der Waals surface area contributed by atoms with Gasteiger partial charge in [-0.25, -0.2) is 8.42 Å². The number of carbonyl (C=O) groups is 1. The van der Waals surface area contributed by atoms with E-state index in [-0.39, 0.29) is 17.1 Å². The minimum Gasteiger partial charge on any atom is -0.495 e. The van der Waals surface area contributed by atoms with Gasteiger partial charge in [0.05, 0.1) is 19.2 Å². The maximum absolute atomic E-state index is 13.3. The lowest BCUT2D eigenvalue weighted by atomic mass is 10.0. The first-order valence-electron chi connectivity index (χ1n) is 8.03. The SMILES string of the molecule is COc1ccc(CC(=O)O)cc1S(=O)(=O)N1CCCc2cc(Cl)ccc21. The first-order valence-corrected chi connectivity index (χ1v) is 9.84. The first-order chi connectivity index (χ1) is 12.3. The number of carboxylic acid groups (broad SMARTS) is 1. The van der Waals surface area contributed by atoms with Gasteiger partial charge in [-0.15, -0.1) is 0 Å². The Hall–Kier alpha value is -2.25. The molecule has 2 aromatic rings. The van der Waals surface area contributed by atoms with Gasteiger partial charge < -0.3 is 9.84 Å². The molecule has 0 saturated carbocycles. The summed E-state index contributed by atoms with van der Waals surface area (Å²) < 4.78 is 33.2. The number of hydrogen-bond donors (Lipinski definition) is 1. The van der Waals surface area contributed by atoms with Crippen LogP contribution in [0.4, 0.5) is 5.69 Å². The molecule has 1 aliphatic rings. The van der Waals surface area contributed by atoms with Gasteiger partial charge in [-0.2, -0.15) is 0 Å². The number of aryl methyl sites for hydroxylation is 1. The minimum absolute atomic E-state index is 0.0402. The van der Waals surface area contributed by atoms with Gasteiger partial charge in [0.2, 0.25) is 0 Å². The van der Waals surface area contributed by atoms with Crippen LogP contribution in [0.1, 0.15) is 17.5 Å². The zero-order valence-electron chi connectivity index (χ0n) is 14.1. The van der Waals surface area contributed by atoms with Crippen molar-refractivity contribution in [3.05, 3.63) is 52.5 Å². The van der Waals surface area contributed by atoms with Gasteiger partial charge in [-0.1, -0.05) is 17.7 Å². The number of anilines is 1.